The first-order chi connectivity index (χ1) is 19.9. The van der Waals surface area contributed by atoms with Gasteiger partial charge < -0.3 is 20.5 Å². The van der Waals surface area contributed by atoms with Crippen LogP contribution in [0.1, 0.15) is 31.9 Å². The molecule has 0 aliphatic heterocycles. The fourth-order valence-electron chi connectivity index (χ4n) is 4.00. The molecule has 0 aliphatic rings. The zero-order valence-electron chi connectivity index (χ0n) is 25.0. The summed E-state index contributed by atoms with van der Waals surface area (Å²) in [5.41, 5.74) is 7.17. The van der Waals surface area contributed by atoms with E-state index in [1.165, 1.54) is 22.1 Å². The Bertz CT molecular complexity index is 1470. The van der Waals surface area contributed by atoms with Gasteiger partial charge in [-0.25, -0.2) is 4.98 Å². The average Bonchev–Trinajstić information content (AvgIpc) is 3.02. The lowest BCUT2D eigenvalue weighted by atomic mass is 9.94. The first-order valence-electron chi connectivity index (χ1n) is 13.4. The minimum absolute atomic E-state index is 0.292. The number of pyridine rings is 2. The van der Waals surface area contributed by atoms with Crippen LogP contribution in [0.2, 0.25) is 0 Å². The Labute approximate surface area is 244 Å². The number of nitrogens with zero attached hydrogens (tertiary/aromatic N) is 2. The first-order valence-corrected chi connectivity index (χ1v) is 13.4. The maximum atomic E-state index is 8.00. The molecule has 0 amide bonds. The van der Waals surface area contributed by atoms with Crippen LogP contribution < -0.4 is 10.6 Å². The van der Waals surface area contributed by atoms with Crippen molar-refractivity contribution in [1.29, 1.82) is 0 Å². The molecule has 0 atom stereocenters. The van der Waals surface area contributed by atoms with Crippen LogP contribution in [0.15, 0.2) is 104 Å². The van der Waals surface area contributed by atoms with Gasteiger partial charge in [-0.1, -0.05) is 78.9 Å². The second-order valence-corrected chi connectivity index (χ2v) is 10.2. The topological polar surface area (TPSA) is 87.1 Å². The third-order valence-corrected chi connectivity index (χ3v) is 6.24. The van der Waals surface area contributed by atoms with Crippen LogP contribution in [-0.4, -0.2) is 41.6 Å². The van der Waals surface area contributed by atoms with E-state index in [1.807, 2.05) is 44.6 Å². The molecule has 2 heterocycles. The molecule has 0 saturated heterocycles. The van der Waals surface area contributed by atoms with Crippen molar-refractivity contribution in [1.82, 2.24) is 15.3 Å². The summed E-state index contributed by atoms with van der Waals surface area (Å²) in [6.07, 6.45) is 5.75. The number of anilines is 1. The molecule has 2 aromatic heterocycles. The standard InChI is InChI=1S/C28H23N3.C5H13N.CH4O.CH2O/c1-20-15-23(18-29-16-20)26-19-31-28(30-17-21-9-4-2-5-10-21)27-24(13-8-14-25(26)27)22-11-6-3-7-12-22;1-5(2,3)6-4;2*1-2/h2-16,18-19H,17H2,1H3,(H,30,31);6H,1-4H3;2H,1H3;1H2. The molecular weight excluding hydrogens is 508 g/mol. The molecular formula is C35H42N4O2. The predicted octanol–water partition coefficient (Wildman–Crippen LogP) is 7.31. The van der Waals surface area contributed by atoms with Crippen LogP contribution in [0.4, 0.5) is 5.82 Å². The van der Waals surface area contributed by atoms with E-state index >= 15 is 0 Å². The summed E-state index contributed by atoms with van der Waals surface area (Å²) < 4.78 is 0. The number of aliphatic hydroxyl groups excluding tert-OH is 1. The Morgan fingerprint density at radius 2 is 1.39 bits per heavy atom. The van der Waals surface area contributed by atoms with Crippen molar-refractivity contribution in [2.24, 2.45) is 0 Å². The third-order valence-electron chi connectivity index (χ3n) is 6.24. The molecule has 0 spiro atoms. The van der Waals surface area contributed by atoms with Crippen molar-refractivity contribution in [3.8, 4) is 22.3 Å². The lowest BCUT2D eigenvalue weighted by Gasteiger charge is -2.16. The van der Waals surface area contributed by atoms with Crippen LogP contribution in [0.25, 0.3) is 33.0 Å². The first kappa shape index (κ1) is 32.8. The Morgan fingerprint density at radius 1 is 0.780 bits per heavy atom. The smallest absolute Gasteiger partial charge is 0.134 e. The molecule has 3 N–H and O–H groups in total. The van der Waals surface area contributed by atoms with Gasteiger partial charge in [0.2, 0.25) is 0 Å². The molecule has 0 saturated carbocycles. The summed E-state index contributed by atoms with van der Waals surface area (Å²) in [6.45, 7) is 11.2. The average molecular weight is 551 g/mol. The summed E-state index contributed by atoms with van der Waals surface area (Å²) in [5.74, 6) is 0.891. The zero-order valence-corrected chi connectivity index (χ0v) is 25.0. The largest absolute Gasteiger partial charge is 0.400 e. The van der Waals surface area contributed by atoms with Crippen LogP contribution in [0.5, 0.6) is 0 Å². The zero-order chi connectivity index (χ0) is 30.3. The molecule has 6 heteroatoms. The van der Waals surface area contributed by atoms with Gasteiger partial charge in [0.05, 0.1) is 0 Å². The molecule has 5 aromatic rings. The fourth-order valence-corrected chi connectivity index (χ4v) is 4.00. The number of aryl methyl sites for hydroxylation is 1. The number of benzene rings is 3. The number of hydrogen-bond donors (Lipinski definition) is 3. The van der Waals surface area contributed by atoms with Crippen molar-refractivity contribution >= 4 is 23.4 Å². The highest BCUT2D eigenvalue weighted by Gasteiger charge is 2.14. The summed E-state index contributed by atoms with van der Waals surface area (Å²) in [6, 6.07) is 29.5. The number of fused-ring (bicyclic) bond motifs is 1. The SMILES string of the molecule is C=O.CNC(C)(C)C.CO.Cc1cncc(-c2cnc(NCc3ccccc3)c3c(-c4ccccc4)cccc23)c1. The number of aliphatic hydroxyl groups is 1. The van der Waals surface area contributed by atoms with Gasteiger partial charge >= 0.3 is 0 Å². The summed E-state index contributed by atoms with van der Waals surface area (Å²) in [4.78, 5) is 17.3. The van der Waals surface area contributed by atoms with E-state index in [0.717, 1.165) is 41.5 Å². The number of nitrogens with one attached hydrogen (secondary N) is 2. The number of carbonyl (C=O) groups is 1. The van der Waals surface area contributed by atoms with Gasteiger partial charge in [0.1, 0.15) is 12.6 Å². The van der Waals surface area contributed by atoms with E-state index in [2.05, 4.69) is 116 Å². The van der Waals surface area contributed by atoms with Gasteiger partial charge in [-0.3, -0.25) is 4.98 Å². The molecule has 0 radical (unpaired) electrons. The molecule has 214 valence electrons. The monoisotopic (exact) mass is 550 g/mol. The lowest BCUT2D eigenvalue weighted by Crippen LogP contribution is -2.31. The van der Waals surface area contributed by atoms with E-state index in [-0.39, 0.29) is 0 Å². The minimum atomic E-state index is 0.292. The highest BCUT2D eigenvalue weighted by molar-refractivity contribution is 6.09. The van der Waals surface area contributed by atoms with E-state index in [9.17, 15) is 0 Å². The van der Waals surface area contributed by atoms with Gasteiger partial charge in [-0.05, 0) is 68.4 Å². The molecule has 41 heavy (non-hydrogen) atoms. The van der Waals surface area contributed by atoms with Gasteiger partial charge in [0.15, 0.2) is 0 Å². The number of rotatable bonds is 5. The maximum absolute atomic E-state index is 8.00. The number of carbonyl (C=O) groups excluding carboxylic acids is 1. The molecule has 0 fully saturated rings. The van der Waals surface area contributed by atoms with E-state index in [0.29, 0.717) is 5.54 Å². The Morgan fingerprint density at radius 3 is 1.98 bits per heavy atom. The molecule has 0 bridgehead atoms. The summed E-state index contributed by atoms with van der Waals surface area (Å²) >= 11 is 0. The predicted molar refractivity (Wildman–Crippen MR) is 173 cm³/mol. The number of hydrogen-bond acceptors (Lipinski definition) is 6. The van der Waals surface area contributed by atoms with Gasteiger partial charge in [-0.2, -0.15) is 0 Å². The van der Waals surface area contributed by atoms with Crippen LogP contribution in [0, 0.1) is 6.92 Å². The third kappa shape index (κ3) is 9.64. The van der Waals surface area contributed by atoms with Crippen LogP contribution in [0.3, 0.4) is 0 Å². The summed E-state index contributed by atoms with van der Waals surface area (Å²) in [5, 5.41) is 16.0. The quantitative estimate of drug-likeness (QED) is 0.213. The van der Waals surface area contributed by atoms with E-state index in [4.69, 9.17) is 14.9 Å². The van der Waals surface area contributed by atoms with Crippen molar-refractivity contribution in [3.63, 3.8) is 0 Å². The highest BCUT2D eigenvalue weighted by atomic mass is 16.2. The van der Waals surface area contributed by atoms with Gasteiger partial charge in [-0.15, -0.1) is 0 Å². The van der Waals surface area contributed by atoms with Crippen molar-refractivity contribution in [2.45, 2.75) is 39.8 Å². The molecule has 5 rings (SSSR count). The van der Waals surface area contributed by atoms with Crippen molar-refractivity contribution in [2.75, 3.05) is 19.5 Å². The molecule has 6 nitrogen and oxygen atoms in total. The second-order valence-electron chi connectivity index (χ2n) is 10.2. The fraction of sp³-hybridized carbons (Fsp3) is 0.229. The van der Waals surface area contributed by atoms with Crippen molar-refractivity contribution < 1.29 is 9.90 Å². The van der Waals surface area contributed by atoms with E-state index < -0.39 is 0 Å². The lowest BCUT2D eigenvalue weighted by molar-refractivity contribution is -0.0980. The van der Waals surface area contributed by atoms with Crippen LogP contribution >= 0.6 is 0 Å². The van der Waals surface area contributed by atoms with Gasteiger partial charge in [0, 0.05) is 54.3 Å². The Hall–Kier alpha value is -4.39. The van der Waals surface area contributed by atoms with Crippen LogP contribution in [-0.2, 0) is 11.3 Å². The second kappa shape index (κ2) is 16.7. The Kier molecular flexibility index (Phi) is 13.3. The molecule has 0 aliphatic carbocycles. The molecule has 3 aromatic carbocycles. The van der Waals surface area contributed by atoms with Crippen molar-refractivity contribution in [3.05, 3.63) is 115 Å². The normalized spacial score (nSPS) is 10.2. The molecule has 0 unspecified atom stereocenters. The minimum Gasteiger partial charge on any atom is -0.400 e. The summed E-state index contributed by atoms with van der Waals surface area (Å²) in [7, 11) is 2.96. The van der Waals surface area contributed by atoms with E-state index in [1.54, 1.807) is 0 Å². The van der Waals surface area contributed by atoms with Gasteiger partial charge in [0.25, 0.3) is 0 Å². The maximum Gasteiger partial charge on any atom is 0.134 e. The number of aromatic nitrogens is 2. The highest BCUT2D eigenvalue weighted by Crippen LogP contribution is 2.38. The Balaban J connectivity index is 0.000000517.